The molecule has 4 heterocycles. The second-order valence-corrected chi connectivity index (χ2v) is 11.3. The summed E-state index contributed by atoms with van der Waals surface area (Å²) in [6.45, 7) is 3.37. The van der Waals surface area contributed by atoms with Crippen molar-refractivity contribution in [1.29, 1.82) is 0 Å². The molecule has 0 saturated carbocycles. The first-order chi connectivity index (χ1) is 18.0. The van der Waals surface area contributed by atoms with Gasteiger partial charge >= 0.3 is 0 Å². The molecule has 2 bridgehead atoms. The van der Waals surface area contributed by atoms with Crippen molar-refractivity contribution < 1.29 is 4.39 Å². The minimum absolute atomic E-state index is 0.339. The molecule has 1 N–H and O–H groups in total. The zero-order chi connectivity index (χ0) is 25.3. The van der Waals surface area contributed by atoms with Crippen LogP contribution in [0.5, 0.6) is 0 Å². The van der Waals surface area contributed by atoms with Crippen molar-refractivity contribution in [3.63, 3.8) is 0 Å². The van der Waals surface area contributed by atoms with E-state index in [1.54, 1.807) is 0 Å². The molecule has 3 aromatic carbocycles. The predicted molar refractivity (Wildman–Crippen MR) is 149 cm³/mol. The monoisotopic (exact) mass is 516 g/mol. The first kappa shape index (κ1) is 23.1. The molecule has 3 fully saturated rings. The molecule has 190 valence electrons. The third-order valence-corrected chi connectivity index (χ3v) is 8.60. The van der Waals surface area contributed by atoms with E-state index in [-0.39, 0.29) is 5.82 Å². The highest BCUT2D eigenvalue weighted by Crippen LogP contribution is 2.42. The minimum atomic E-state index is -0.383. The number of likely N-dealkylation sites (N-methyl/N-ethyl adjacent to an activating group) is 1. The Morgan fingerprint density at radius 3 is 2.41 bits per heavy atom. The van der Waals surface area contributed by atoms with Gasteiger partial charge in [0.25, 0.3) is 0 Å². The predicted octanol–water partition coefficient (Wildman–Crippen LogP) is 4.93. The van der Waals surface area contributed by atoms with Gasteiger partial charge < -0.3 is 20.0 Å². The number of rotatable bonds is 4. The average molecular weight is 517 g/mol. The molecule has 3 saturated heterocycles. The van der Waals surface area contributed by atoms with Crippen molar-refractivity contribution in [1.82, 2.24) is 20.2 Å². The third kappa shape index (κ3) is 3.83. The van der Waals surface area contributed by atoms with E-state index in [1.807, 2.05) is 48.5 Å². The summed E-state index contributed by atoms with van der Waals surface area (Å²) in [5.74, 6) is 1.00. The lowest BCUT2D eigenvalue weighted by atomic mass is 9.96. The smallest absolute Gasteiger partial charge is 0.228 e. The molecule has 2 atom stereocenters. The molecule has 0 radical (unpaired) electrons. The molecular weight excluding hydrogens is 487 g/mol. The van der Waals surface area contributed by atoms with Crippen LogP contribution in [0, 0.1) is 5.82 Å². The number of aromatic nitrogens is 2. The van der Waals surface area contributed by atoms with Gasteiger partial charge in [-0.3, -0.25) is 0 Å². The summed E-state index contributed by atoms with van der Waals surface area (Å²) >= 11 is 6.88. The lowest BCUT2D eigenvalue weighted by Crippen LogP contribution is -2.58. The standard InChI is InChI=1S/C29H30ClFN6/c1-35(2)20-15-37(16-20)29-33-27-23(28(34-29)36-13-18-10-11-19(14-36)32-18)12-24(30)25(26(27)31)22-9-5-7-17-6-3-4-8-21(17)22/h3-9,12,18-20,32H,10-11,13-16H2,1-2H3. The summed E-state index contributed by atoms with van der Waals surface area (Å²) in [7, 11) is 4.17. The van der Waals surface area contributed by atoms with Crippen molar-refractivity contribution in [2.75, 3.05) is 50.1 Å². The van der Waals surface area contributed by atoms with E-state index in [0.717, 1.165) is 61.2 Å². The Morgan fingerprint density at radius 2 is 1.65 bits per heavy atom. The van der Waals surface area contributed by atoms with Crippen LogP contribution in [-0.4, -0.2) is 73.3 Å². The van der Waals surface area contributed by atoms with Crippen LogP contribution < -0.4 is 15.1 Å². The highest BCUT2D eigenvalue weighted by Gasteiger charge is 2.36. The second kappa shape index (κ2) is 8.79. The molecule has 0 spiro atoms. The third-order valence-electron chi connectivity index (χ3n) is 8.30. The number of benzene rings is 3. The molecule has 37 heavy (non-hydrogen) atoms. The summed E-state index contributed by atoms with van der Waals surface area (Å²) in [6.07, 6.45) is 2.32. The molecular formula is C29H30ClFN6. The summed E-state index contributed by atoms with van der Waals surface area (Å²) in [6, 6.07) is 17.1. The average Bonchev–Trinajstić information content (AvgIpc) is 3.20. The van der Waals surface area contributed by atoms with Crippen molar-refractivity contribution in [2.45, 2.75) is 31.0 Å². The quantitative estimate of drug-likeness (QED) is 0.415. The lowest BCUT2D eigenvalue weighted by molar-refractivity contribution is 0.245. The van der Waals surface area contributed by atoms with Gasteiger partial charge in [-0.1, -0.05) is 54.1 Å². The largest absolute Gasteiger partial charge is 0.353 e. The van der Waals surface area contributed by atoms with Crippen LogP contribution in [-0.2, 0) is 0 Å². The Balaban J connectivity index is 1.42. The summed E-state index contributed by atoms with van der Waals surface area (Å²) in [4.78, 5) is 16.5. The molecule has 2 unspecified atom stereocenters. The number of hydrogen-bond acceptors (Lipinski definition) is 6. The van der Waals surface area contributed by atoms with Gasteiger partial charge in [-0.25, -0.2) is 9.37 Å². The Bertz CT molecular complexity index is 1500. The SMILES string of the molecule is CN(C)C1CN(c2nc(N3CC4CCC(C3)N4)c3cc(Cl)c(-c4cccc5ccccc45)c(F)c3n2)C1. The van der Waals surface area contributed by atoms with E-state index in [0.29, 0.717) is 45.6 Å². The molecule has 1 aromatic heterocycles. The summed E-state index contributed by atoms with van der Waals surface area (Å²) in [5.41, 5.74) is 1.52. The summed E-state index contributed by atoms with van der Waals surface area (Å²) in [5, 5.41) is 6.76. The maximum Gasteiger partial charge on any atom is 0.228 e. The van der Waals surface area contributed by atoms with Crippen molar-refractivity contribution in [3.8, 4) is 11.1 Å². The van der Waals surface area contributed by atoms with Crippen molar-refractivity contribution in [2.24, 2.45) is 0 Å². The number of piperazine rings is 1. The fourth-order valence-corrected chi connectivity index (χ4v) is 6.45. The highest BCUT2D eigenvalue weighted by molar-refractivity contribution is 6.35. The van der Waals surface area contributed by atoms with Crippen molar-refractivity contribution in [3.05, 3.63) is 59.4 Å². The molecule has 0 aliphatic carbocycles. The van der Waals surface area contributed by atoms with Gasteiger partial charge in [0.15, 0.2) is 5.82 Å². The maximum atomic E-state index is 16.6. The first-order valence-electron chi connectivity index (χ1n) is 13.1. The van der Waals surface area contributed by atoms with Crippen molar-refractivity contribution >= 4 is 45.0 Å². The lowest BCUT2D eigenvalue weighted by Gasteiger charge is -2.43. The second-order valence-electron chi connectivity index (χ2n) is 10.9. The first-order valence-corrected chi connectivity index (χ1v) is 13.4. The van der Waals surface area contributed by atoms with E-state index in [9.17, 15) is 0 Å². The molecule has 6 nitrogen and oxygen atoms in total. The number of fused-ring (bicyclic) bond motifs is 4. The number of hydrogen-bond donors (Lipinski definition) is 1. The van der Waals surface area contributed by atoms with Crippen LogP contribution in [0.1, 0.15) is 12.8 Å². The molecule has 7 rings (SSSR count). The number of anilines is 2. The summed E-state index contributed by atoms with van der Waals surface area (Å²) < 4.78 is 16.6. The van der Waals surface area contributed by atoms with E-state index in [2.05, 4.69) is 34.1 Å². The topological polar surface area (TPSA) is 47.5 Å². The molecule has 8 heteroatoms. The molecule has 3 aliphatic heterocycles. The highest BCUT2D eigenvalue weighted by atomic mass is 35.5. The van der Waals surface area contributed by atoms with Crippen LogP contribution >= 0.6 is 11.6 Å². The van der Waals surface area contributed by atoms with Crippen LogP contribution in [0.15, 0.2) is 48.5 Å². The van der Waals surface area contributed by atoms with E-state index < -0.39 is 0 Å². The Labute approximate surface area is 221 Å². The van der Waals surface area contributed by atoms with Gasteiger partial charge in [-0.15, -0.1) is 0 Å². The van der Waals surface area contributed by atoms with E-state index in [4.69, 9.17) is 21.6 Å². The van der Waals surface area contributed by atoms with Crippen LogP contribution in [0.25, 0.3) is 32.8 Å². The van der Waals surface area contributed by atoms with Crippen LogP contribution in [0.2, 0.25) is 5.02 Å². The van der Waals surface area contributed by atoms with Crippen LogP contribution in [0.4, 0.5) is 16.2 Å². The molecule has 4 aromatic rings. The van der Waals surface area contributed by atoms with Crippen LogP contribution in [0.3, 0.4) is 0 Å². The van der Waals surface area contributed by atoms with E-state index in [1.165, 1.54) is 0 Å². The van der Waals surface area contributed by atoms with Gasteiger partial charge in [0.05, 0.1) is 5.02 Å². The van der Waals surface area contributed by atoms with Gasteiger partial charge in [0.1, 0.15) is 11.3 Å². The minimum Gasteiger partial charge on any atom is -0.353 e. The Hall–Kier alpha value is -3.00. The molecule has 3 aliphatic rings. The number of halogens is 2. The molecule has 0 amide bonds. The zero-order valence-corrected chi connectivity index (χ0v) is 21.8. The van der Waals surface area contributed by atoms with Gasteiger partial charge in [0.2, 0.25) is 5.95 Å². The fraction of sp³-hybridized carbons (Fsp3) is 0.379. The number of nitrogens with one attached hydrogen (secondary N) is 1. The number of nitrogens with zero attached hydrogens (tertiary/aromatic N) is 5. The van der Waals surface area contributed by atoms with Gasteiger partial charge in [-0.05, 0) is 49.3 Å². The Morgan fingerprint density at radius 1 is 0.919 bits per heavy atom. The van der Waals surface area contributed by atoms with Gasteiger partial charge in [-0.2, -0.15) is 4.98 Å². The zero-order valence-electron chi connectivity index (χ0n) is 21.1. The Kier molecular flexibility index (Phi) is 5.50. The van der Waals surface area contributed by atoms with E-state index >= 15 is 4.39 Å². The normalized spacial score (nSPS) is 21.9. The van der Waals surface area contributed by atoms with Gasteiger partial charge in [0, 0.05) is 55.3 Å². The maximum absolute atomic E-state index is 16.6. The fourth-order valence-electron chi connectivity index (χ4n) is 6.16.